The Kier molecular flexibility index (Phi) is 4.94. The molecule has 0 unspecified atom stereocenters. The standard InChI is InChI=1S/C7H14O3/c1-3-6(4-2)7(9)10-5-8/h6,8H,3-5H2,1-2H3. The summed E-state index contributed by atoms with van der Waals surface area (Å²) in [6, 6.07) is 0. The first-order valence-electron chi connectivity index (χ1n) is 3.53. The third kappa shape index (κ3) is 2.82. The monoisotopic (exact) mass is 146 g/mol. The van der Waals surface area contributed by atoms with Gasteiger partial charge in [0.25, 0.3) is 0 Å². The predicted molar refractivity (Wildman–Crippen MR) is 37.2 cm³/mol. The van der Waals surface area contributed by atoms with Gasteiger partial charge in [0.05, 0.1) is 5.92 Å². The number of hydrogen-bond donors (Lipinski definition) is 1. The molecular formula is C7H14O3. The van der Waals surface area contributed by atoms with Gasteiger partial charge in [-0.3, -0.25) is 4.79 Å². The van der Waals surface area contributed by atoms with Crippen molar-refractivity contribution in [1.29, 1.82) is 0 Å². The van der Waals surface area contributed by atoms with Crippen LogP contribution in [0.1, 0.15) is 26.7 Å². The molecule has 0 rings (SSSR count). The molecule has 0 aromatic carbocycles. The minimum Gasteiger partial charge on any atom is -0.438 e. The number of aliphatic hydroxyl groups excluding tert-OH is 1. The van der Waals surface area contributed by atoms with Crippen molar-refractivity contribution < 1.29 is 14.6 Å². The second kappa shape index (κ2) is 5.23. The van der Waals surface area contributed by atoms with Gasteiger partial charge in [0, 0.05) is 0 Å². The molecule has 0 radical (unpaired) electrons. The van der Waals surface area contributed by atoms with Gasteiger partial charge in [-0.05, 0) is 12.8 Å². The molecule has 0 fully saturated rings. The quantitative estimate of drug-likeness (QED) is 0.473. The van der Waals surface area contributed by atoms with E-state index >= 15 is 0 Å². The van der Waals surface area contributed by atoms with Gasteiger partial charge in [0.1, 0.15) is 0 Å². The summed E-state index contributed by atoms with van der Waals surface area (Å²) in [5.41, 5.74) is 0. The van der Waals surface area contributed by atoms with Gasteiger partial charge in [-0.2, -0.15) is 0 Å². The molecular weight excluding hydrogens is 132 g/mol. The van der Waals surface area contributed by atoms with Crippen LogP contribution in [0, 0.1) is 5.92 Å². The van der Waals surface area contributed by atoms with E-state index in [-0.39, 0.29) is 11.9 Å². The number of aliphatic hydroxyl groups is 1. The van der Waals surface area contributed by atoms with Crippen LogP contribution < -0.4 is 0 Å². The van der Waals surface area contributed by atoms with E-state index in [0.717, 1.165) is 12.8 Å². The highest BCUT2D eigenvalue weighted by Gasteiger charge is 2.14. The first-order valence-corrected chi connectivity index (χ1v) is 3.53. The zero-order chi connectivity index (χ0) is 7.98. The third-order valence-corrected chi connectivity index (χ3v) is 1.53. The van der Waals surface area contributed by atoms with E-state index in [1.54, 1.807) is 0 Å². The largest absolute Gasteiger partial charge is 0.438 e. The molecule has 0 spiro atoms. The van der Waals surface area contributed by atoms with Crippen molar-refractivity contribution in [3.8, 4) is 0 Å². The average molecular weight is 146 g/mol. The van der Waals surface area contributed by atoms with Crippen LogP contribution in [0.5, 0.6) is 0 Å². The average Bonchev–Trinajstić information content (AvgIpc) is 1.91. The summed E-state index contributed by atoms with van der Waals surface area (Å²) in [6.07, 6.45) is 1.55. The van der Waals surface area contributed by atoms with Gasteiger partial charge in [0.15, 0.2) is 6.79 Å². The van der Waals surface area contributed by atoms with Crippen LogP contribution in [-0.4, -0.2) is 17.9 Å². The van der Waals surface area contributed by atoms with Crippen LogP contribution in [0.25, 0.3) is 0 Å². The van der Waals surface area contributed by atoms with Crippen molar-refractivity contribution in [2.75, 3.05) is 6.79 Å². The van der Waals surface area contributed by atoms with E-state index in [2.05, 4.69) is 4.74 Å². The molecule has 3 heteroatoms. The lowest BCUT2D eigenvalue weighted by molar-refractivity contribution is -0.157. The van der Waals surface area contributed by atoms with Gasteiger partial charge >= 0.3 is 5.97 Å². The van der Waals surface area contributed by atoms with E-state index in [4.69, 9.17) is 5.11 Å². The molecule has 0 atom stereocenters. The Hall–Kier alpha value is -0.570. The summed E-state index contributed by atoms with van der Waals surface area (Å²) in [7, 11) is 0. The molecule has 0 heterocycles. The molecule has 0 amide bonds. The van der Waals surface area contributed by atoms with Gasteiger partial charge < -0.3 is 9.84 Å². The van der Waals surface area contributed by atoms with E-state index in [0.29, 0.717) is 0 Å². The van der Waals surface area contributed by atoms with Crippen molar-refractivity contribution in [3.63, 3.8) is 0 Å². The maximum absolute atomic E-state index is 10.8. The van der Waals surface area contributed by atoms with E-state index < -0.39 is 6.79 Å². The van der Waals surface area contributed by atoms with Crippen LogP contribution in [0.15, 0.2) is 0 Å². The van der Waals surface area contributed by atoms with E-state index in [1.807, 2.05) is 13.8 Å². The Bertz CT molecular complexity index is 97.0. The number of esters is 1. The summed E-state index contributed by atoms with van der Waals surface area (Å²) in [4.78, 5) is 10.8. The van der Waals surface area contributed by atoms with Gasteiger partial charge in [0.2, 0.25) is 0 Å². The third-order valence-electron chi connectivity index (χ3n) is 1.53. The van der Waals surface area contributed by atoms with Gasteiger partial charge in [-0.1, -0.05) is 13.8 Å². The normalized spacial score (nSPS) is 10.0. The van der Waals surface area contributed by atoms with Crippen molar-refractivity contribution in [1.82, 2.24) is 0 Å². The second-order valence-corrected chi connectivity index (χ2v) is 2.11. The maximum atomic E-state index is 10.8. The zero-order valence-corrected chi connectivity index (χ0v) is 6.46. The number of hydrogen-bond acceptors (Lipinski definition) is 3. The van der Waals surface area contributed by atoms with Crippen molar-refractivity contribution >= 4 is 5.97 Å². The molecule has 0 aliphatic heterocycles. The van der Waals surface area contributed by atoms with Crippen molar-refractivity contribution in [2.45, 2.75) is 26.7 Å². The Labute approximate surface area is 61.0 Å². The number of carbonyl (C=O) groups excluding carboxylic acids is 1. The molecule has 0 aliphatic rings. The van der Waals surface area contributed by atoms with Crippen LogP contribution in [0.3, 0.4) is 0 Å². The molecule has 0 saturated heterocycles. The fraction of sp³-hybridized carbons (Fsp3) is 0.857. The Morgan fingerprint density at radius 3 is 2.30 bits per heavy atom. The molecule has 0 aromatic rings. The molecule has 1 N–H and O–H groups in total. The minimum absolute atomic E-state index is 0.0489. The van der Waals surface area contributed by atoms with Crippen LogP contribution in [0.4, 0.5) is 0 Å². The fourth-order valence-electron chi connectivity index (χ4n) is 0.803. The number of ether oxygens (including phenoxy) is 1. The lowest BCUT2D eigenvalue weighted by Gasteiger charge is -2.08. The topological polar surface area (TPSA) is 46.5 Å². The minimum atomic E-state index is -0.505. The molecule has 10 heavy (non-hydrogen) atoms. The maximum Gasteiger partial charge on any atom is 0.311 e. The van der Waals surface area contributed by atoms with Gasteiger partial charge in [-0.15, -0.1) is 0 Å². The summed E-state index contributed by atoms with van der Waals surface area (Å²) in [5.74, 6) is -0.348. The first-order chi connectivity index (χ1) is 4.76. The summed E-state index contributed by atoms with van der Waals surface area (Å²) < 4.78 is 4.40. The number of rotatable bonds is 4. The summed E-state index contributed by atoms with van der Waals surface area (Å²) in [6.45, 7) is 3.34. The zero-order valence-electron chi connectivity index (χ0n) is 6.46. The van der Waals surface area contributed by atoms with Crippen molar-refractivity contribution in [2.24, 2.45) is 5.92 Å². The second-order valence-electron chi connectivity index (χ2n) is 2.11. The summed E-state index contributed by atoms with van der Waals surface area (Å²) >= 11 is 0. The lowest BCUT2D eigenvalue weighted by atomic mass is 10.0. The van der Waals surface area contributed by atoms with Gasteiger partial charge in [-0.25, -0.2) is 0 Å². The number of carbonyl (C=O) groups is 1. The highest BCUT2D eigenvalue weighted by atomic mass is 16.6. The lowest BCUT2D eigenvalue weighted by Crippen LogP contribution is -2.16. The smallest absolute Gasteiger partial charge is 0.311 e. The highest BCUT2D eigenvalue weighted by molar-refractivity contribution is 5.72. The molecule has 0 aromatic heterocycles. The fourth-order valence-corrected chi connectivity index (χ4v) is 0.803. The molecule has 60 valence electrons. The Morgan fingerprint density at radius 2 is 2.00 bits per heavy atom. The SMILES string of the molecule is CCC(CC)C(=O)OCO. The highest BCUT2D eigenvalue weighted by Crippen LogP contribution is 2.08. The first kappa shape index (κ1) is 9.43. The molecule has 0 aliphatic carbocycles. The van der Waals surface area contributed by atoms with Crippen molar-refractivity contribution in [3.05, 3.63) is 0 Å². The van der Waals surface area contributed by atoms with Crippen LogP contribution in [-0.2, 0) is 9.53 Å². The molecule has 0 saturated carbocycles. The van der Waals surface area contributed by atoms with E-state index in [1.165, 1.54) is 0 Å². The molecule has 0 bridgehead atoms. The Balaban J connectivity index is 3.65. The Morgan fingerprint density at radius 1 is 1.50 bits per heavy atom. The van der Waals surface area contributed by atoms with Crippen LogP contribution >= 0.6 is 0 Å². The predicted octanol–water partition coefficient (Wildman–Crippen LogP) is 0.916. The molecule has 3 nitrogen and oxygen atoms in total. The van der Waals surface area contributed by atoms with Crippen LogP contribution in [0.2, 0.25) is 0 Å². The van der Waals surface area contributed by atoms with E-state index in [9.17, 15) is 4.79 Å². The summed E-state index contributed by atoms with van der Waals surface area (Å²) in [5, 5.41) is 8.23.